The highest BCUT2D eigenvalue weighted by atomic mass is 35.5. The predicted octanol–water partition coefficient (Wildman–Crippen LogP) is 1.82. The fourth-order valence-electron chi connectivity index (χ4n) is 1.83. The van der Waals surface area contributed by atoms with Crippen LogP contribution in [0.2, 0.25) is 5.02 Å². The first kappa shape index (κ1) is 19.6. The Kier molecular flexibility index (Phi) is 6.84. The van der Waals surface area contributed by atoms with Crippen LogP contribution in [0, 0.1) is 5.92 Å². The van der Waals surface area contributed by atoms with E-state index in [1.54, 1.807) is 20.8 Å². The molecule has 0 aliphatic rings. The van der Waals surface area contributed by atoms with Gasteiger partial charge in [0.1, 0.15) is 0 Å². The molecular weight excluding hydrogens is 340 g/mol. The van der Waals surface area contributed by atoms with Gasteiger partial charge in [-0.3, -0.25) is 10.1 Å². The Hall–Kier alpha value is -2.48. The number of phenolic OH excluding ortho intramolecular Hbond substituents is 1. The number of hydrogen-bond acceptors (Lipinski definition) is 6. The van der Waals surface area contributed by atoms with E-state index in [1.807, 2.05) is 5.32 Å². The first-order valence-corrected chi connectivity index (χ1v) is 7.51. The van der Waals surface area contributed by atoms with Crippen molar-refractivity contribution in [1.29, 1.82) is 0 Å². The minimum atomic E-state index is -1.23. The quantitative estimate of drug-likeness (QED) is 0.665. The molecule has 3 amide bonds. The van der Waals surface area contributed by atoms with Crippen LogP contribution in [-0.4, -0.2) is 35.7 Å². The van der Waals surface area contributed by atoms with Crippen LogP contribution in [-0.2, 0) is 9.53 Å². The van der Waals surface area contributed by atoms with Crippen molar-refractivity contribution in [3.63, 3.8) is 0 Å². The Morgan fingerprint density at radius 3 is 2.46 bits per heavy atom. The lowest BCUT2D eigenvalue weighted by Gasteiger charge is -2.20. The van der Waals surface area contributed by atoms with Crippen molar-refractivity contribution in [1.82, 2.24) is 5.32 Å². The van der Waals surface area contributed by atoms with Crippen LogP contribution in [0.15, 0.2) is 12.1 Å². The number of primary amides is 1. The van der Waals surface area contributed by atoms with Crippen LogP contribution in [0.1, 0.15) is 31.1 Å². The summed E-state index contributed by atoms with van der Waals surface area (Å²) in [6, 6.07) is 1.38. The monoisotopic (exact) mass is 358 g/mol. The zero-order valence-electron chi connectivity index (χ0n) is 13.5. The third-order valence-corrected chi connectivity index (χ3v) is 3.20. The minimum absolute atomic E-state index is 0.0136. The Bertz CT molecular complexity index is 647. The molecule has 9 heteroatoms. The second kappa shape index (κ2) is 8.39. The lowest BCUT2D eigenvalue weighted by Crippen LogP contribution is -2.45. The zero-order valence-corrected chi connectivity index (χ0v) is 14.2. The van der Waals surface area contributed by atoms with E-state index in [2.05, 4.69) is 0 Å². The number of nitrogens with two attached hydrogens (primary N) is 1. The lowest BCUT2D eigenvalue weighted by atomic mass is 10.1. The van der Waals surface area contributed by atoms with Gasteiger partial charge in [0.05, 0.1) is 17.2 Å². The van der Waals surface area contributed by atoms with Crippen LogP contribution in [0.5, 0.6) is 11.5 Å². The number of aromatic hydroxyl groups is 1. The Morgan fingerprint density at radius 2 is 1.96 bits per heavy atom. The molecule has 1 rings (SSSR count). The molecule has 0 unspecified atom stereocenters. The van der Waals surface area contributed by atoms with E-state index in [1.165, 1.54) is 12.1 Å². The molecule has 0 fully saturated rings. The molecule has 1 atom stereocenters. The molecule has 24 heavy (non-hydrogen) atoms. The van der Waals surface area contributed by atoms with Crippen LogP contribution < -0.4 is 15.8 Å². The Morgan fingerprint density at radius 1 is 1.33 bits per heavy atom. The summed E-state index contributed by atoms with van der Waals surface area (Å²) < 4.78 is 10.3. The van der Waals surface area contributed by atoms with Crippen molar-refractivity contribution in [2.24, 2.45) is 11.7 Å². The van der Waals surface area contributed by atoms with Gasteiger partial charge in [-0.05, 0) is 25.0 Å². The van der Waals surface area contributed by atoms with Crippen molar-refractivity contribution in [2.75, 3.05) is 6.61 Å². The second-order valence-corrected chi connectivity index (χ2v) is 5.57. The summed E-state index contributed by atoms with van der Waals surface area (Å²) in [6.45, 7) is 5.21. The number of halogens is 1. The fraction of sp³-hybridized carbons (Fsp3) is 0.400. The number of phenols is 1. The number of imide groups is 1. The molecule has 1 aromatic rings. The standard InChI is InChI=1S/C15H19ClN2O6/c1-4-23-10-6-8(5-9(16)11(10)19)14(21)24-12(7(2)3)13(20)18-15(17)22/h5-7,12,19H,4H2,1-3H3,(H3,17,18,20,22)/t12-/m0/s1. The van der Waals surface area contributed by atoms with E-state index in [-0.39, 0.29) is 28.7 Å². The molecule has 0 radical (unpaired) electrons. The van der Waals surface area contributed by atoms with E-state index in [0.29, 0.717) is 0 Å². The fourth-order valence-corrected chi connectivity index (χ4v) is 2.04. The molecule has 0 aromatic heterocycles. The summed E-state index contributed by atoms with van der Waals surface area (Å²) in [5, 5.41) is 11.5. The van der Waals surface area contributed by atoms with Gasteiger partial charge < -0.3 is 20.3 Å². The first-order chi connectivity index (χ1) is 11.2. The van der Waals surface area contributed by atoms with Gasteiger partial charge in [0.15, 0.2) is 17.6 Å². The normalized spacial score (nSPS) is 11.7. The Labute approximate surface area is 143 Å². The number of urea groups is 1. The van der Waals surface area contributed by atoms with Crippen molar-refractivity contribution in [3.05, 3.63) is 22.7 Å². The molecule has 0 spiro atoms. The highest BCUT2D eigenvalue weighted by Crippen LogP contribution is 2.35. The highest BCUT2D eigenvalue weighted by molar-refractivity contribution is 6.32. The van der Waals surface area contributed by atoms with E-state index in [9.17, 15) is 19.5 Å². The molecule has 0 heterocycles. The molecule has 8 nitrogen and oxygen atoms in total. The zero-order chi connectivity index (χ0) is 18.4. The van der Waals surface area contributed by atoms with E-state index < -0.39 is 29.9 Å². The van der Waals surface area contributed by atoms with E-state index in [4.69, 9.17) is 26.8 Å². The summed E-state index contributed by atoms with van der Waals surface area (Å²) in [7, 11) is 0. The molecule has 0 saturated carbocycles. The van der Waals surface area contributed by atoms with Gasteiger partial charge in [-0.2, -0.15) is 0 Å². The number of carbonyl (C=O) groups excluding carboxylic acids is 3. The average molecular weight is 359 g/mol. The third-order valence-electron chi connectivity index (χ3n) is 2.91. The number of hydrogen-bond donors (Lipinski definition) is 3. The number of benzene rings is 1. The summed E-state index contributed by atoms with van der Waals surface area (Å²) in [5.41, 5.74) is 4.87. The topological polar surface area (TPSA) is 128 Å². The number of esters is 1. The average Bonchev–Trinajstić information content (AvgIpc) is 2.47. The summed E-state index contributed by atoms with van der Waals surface area (Å²) in [5.74, 6) is -2.40. The molecule has 0 aliphatic carbocycles. The SMILES string of the molecule is CCOc1cc(C(=O)O[C@H](C(=O)NC(N)=O)C(C)C)cc(Cl)c1O. The molecular formula is C15H19ClN2O6. The van der Waals surface area contributed by atoms with Crippen molar-refractivity contribution < 1.29 is 29.0 Å². The number of rotatable bonds is 6. The molecule has 4 N–H and O–H groups in total. The van der Waals surface area contributed by atoms with Crippen LogP contribution in [0.3, 0.4) is 0 Å². The molecule has 0 aliphatic heterocycles. The minimum Gasteiger partial charge on any atom is -0.503 e. The number of nitrogens with one attached hydrogen (secondary N) is 1. The maximum atomic E-state index is 12.3. The van der Waals surface area contributed by atoms with Crippen molar-refractivity contribution >= 4 is 29.5 Å². The van der Waals surface area contributed by atoms with Crippen LogP contribution in [0.4, 0.5) is 4.79 Å². The number of ether oxygens (including phenoxy) is 2. The third kappa shape index (κ3) is 5.02. The van der Waals surface area contributed by atoms with Gasteiger partial charge >= 0.3 is 12.0 Å². The molecule has 132 valence electrons. The van der Waals surface area contributed by atoms with Crippen LogP contribution >= 0.6 is 11.6 Å². The molecule has 0 bridgehead atoms. The van der Waals surface area contributed by atoms with Gasteiger partial charge in [0, 0.05) is 0 Å². The largest absolute Gasteiger partial charge is 0.503 e. The summed E-state index contributed by atoms with van der Waals surface area (Å²) in [6.07, 6.45) is -1.23. The molecule has 1 aromatic carbocycles. The maximum Gasteiger partial charge on any atom is 0.339 e. The molecule has 0 saturated heterocycles. The first-order valence-electron chi connectivity index (χ1n) is 7.13. The maximum absolute atomic E-state index is 12.3. The van der Waals surface area contributed by atoms with Gasteiger partial charge in [-0.15, -0.1) is 0 Å². The van der Waals surface area contributed by atoms with Gasteiger partial charge in [0.25, 0.3) is 5.91 Å². The summed E-state index contributed by atoms with van der Waals surface area (Å²) in [4.78, 5) is 34.9. The van der Waals surface area contributed by atoms with Crippen molar-refractivity contribution in [3.8, 4) is 11.5 Å². The summed E-state index contributed by atoms with van der Waals surface area (Å²) >= 11 is 5.85. The number of amides is 3. The van der Waals surface area contributed by atoms with E-state index in [0.717, 1.165) is 0 Å². The lowest BCUT2D eigenvalue weighted by molar-refractivity contribution is -0.130. The van der Waals surface area contributed by atoms with Gasteiger partial charge in [-0.25, -0.2) is 9.59 Å². The smallest absolute Gasteiger partial charge is 0.339 e. The van der Waals surface area contributed by atoms with Gasteiger partial charge in [-0.1, -0.05) is 25.4 Å². The van der Waals surface area contributed by atoms with Crippen LogP contribution in [0.25, 0.3) is 0 Å². The van der Waals surface area contributed by atoms with Gasteiger partial charge in [0.2, 0.25) is 0 Å². The van der Waals surface area contributed by atoms with Crippen molar-refractivity contribution in [2.45, 2.75) is 26.9 Å². The second-order valence-electron chi connectivity index (χ2n) is 5.16. The highest BCUT2D eigenvalue weighted by Gasteiger charge is 2.28. The number of carbonyl (C=O) groups is 3. The predicted molar refractivity (Wildman–Crippen MR) is 86.1 cm³/mol. The van der Waals surface area contributed by atoms with E-state index >= 15 is 0 Å². The Balaban J connectivity index is 3.03.